The van der Waals surface area contributed by atoms with Crippen molar-refractivity contribution in [2.24, 2.45) is 0 Å². The zero-order valence-corrected chi connectivity index (χ0v) is 5.93. The molecule has 1 aliphatic heterocycles. The highest BCUT2D eigenvalue weighted by Crippen LogP contribution is 1.69. The predicted molar refractivity (Wildman–Crippen MR) is 30.8 cm³/mol. The van der Waals surface area contributed by atoms with Crippen LogP contribution in [-0.2, 0) is 0 Å². The SMILES string of the molecule is C#C[SiH]1N[SiH2]N1. The smallest absolute Gasteiger partial charge is 0.255 e. The summed E-state index contributed by atoms with van der Waals surface area (Å²) < 4.78 is 6.45. The van der Waals surface area contributed by atoms with E-state index in [2.05, 4.69) is 14.8 Å². The lowest BCUT2D eigenvalue weighted by atomic mass is 11.4. The largest absolute Gasteiger partial charge is 0.334 e. The minimum absolute atomic E-state index is 0.0343. The van der Waals surface area contributed by atoms with Crippen LogP contribution in [0.5, 0.6) is 0 Å². The highest BCUT2D eigenvalue weighted by molar-refractivity contribution is 6.83. The fourth-order valence-corrected chi connectivity index (χ4v) is 2.90. The van der Waals surface area contributed by atoms with E-state index in [1.165, 1.54) is 0 Å². The van der Waals surface area contributed by atoms with Crippen LogP contribution >= 0.6 is 0 Å². The van der Waals surface area contributed by atoms with Crippen molar-refractivity contribution in [3.05, 3.63) is 0 Å². The van der Waals surface area contributed by atoms with Crippen molar-refractivity contribution >= 4 is 19.0 Å². The first kappa shape index (κ1) is 4.08. The Balaban J connectivity index is 2.22. The Morgan fingerprint density at radius 2 is 2.33 bits per heavy atom. The third-order valence-corrected chi connectivity index (χ3v) is 6.01. The van der Waals surface area contributed by atoms with E-state index in [9.17, 15) is 0 Å². The van der Waals surface area contributed by atoms with E-state index in [0.717, 1.165) is 0 Å². The lowest BCUT2D eigenvalue weighted by Gasteiger charge is -2.21. The molecule has 0 atom stereocenters. The van der Waals surface area contributed by atoms with Crippen LogP contribution in [0.4, 0.5) is 0 Å². The molecule has 1 fully saturated rings. The van der Waals surface area contributed by atoms with Crippen molar-refractivity contribution in [2.75, 3.05) is 0 Å². The molecule has 0 aliphatic carbocycles. The normalized spacial score (nSPS) is 34.8. The van der Waals surface area contributed by atoms with Gasteiger partial charge >= 0.3 is 0 Å². The quantitative estimate of drug-likeness (QED) is 0.270. The lowest BCUT2D eigenvalue weighted by molar-refractivity contribution is 1.24. The lowest BCUT2D eigenvalue weighted by Crippen LogP contribution is -2.65. The van der Waals surface area contributed by atoms with Crippen molar-refractivity contribution in [2.45, 2.75) is 0 Å². The number of nitrogens with one attached hydrogen (secondary N) is 2. The van der Waals surface area contributed by atoms with Crippen LogP contribution in [-0.4, -0.2) is 19.0 Å². The fraction of sp³-hybridized carbons (Fsp3) is 0. The summed E-state index contributed by atoms with van der Waals surface area (Å²) in [6, 6.07) is 0. The van der Waals surface area contributed by atoms with Crippen molar-refractivity contribution in [3.63, 3.8) is 0 Å². The molecule has 0 radical (unpaired) electrons. The summed E-state index contributed by atoms with van der Waals surface area (Å²) in [5, 5.41) is 0. The summed E-state index contributed by atoms with van der Waals surface area (Å²) in [6.07, 6.45) is 5.04. The van der Waals surface area contributed by atoms with Crippen molar-refractivity contribution in [1.29, 1.82) is 0 Å². The first-order chi connectivity index (χ1) is 2.93. The maximum atomic E-state index is 5.04. The van der Waals surface area contributed by atoms with Gasteiger partial charge in [-0.25, -0.2) is 0 Å². The topological polar surface area (TPSA) is 24.1 Å². The average Bonchev–Trinajstić information content (AvgIpc) is 1.31. The standard InChI is InChI=1S/C2H6N2Si2/c1-2-6-3-5-4-6/h1,3-4,6H,5H2. The van der Waals surface area contributed by atoms with Crippen LogP contribution in [0.1, 0.15) is 0 Å². The highest BCUT2D eigenvalue weighted by atomic mass is 28.4. The fourth-order valence-electron chi connectivity index (χ4n) is 0.322. The van der Waals surface area contributed by atoms with Gasteiger partial charge < -0.3 is 9.30 Å². The molecule has 0 aromatic carbocycles. The summed E-state index contributed by atoms with van der Waals surface area (Å²) in [5.74, 6) is 0. The van der Waals surface area contributed by atoms with Gasteiger partial charge in [-0.15, -0.1) is 12.0 Å². The first-order valence-electron chi connectivity index (χ1n) is 1.86. The van der Waals surface area contributed by atoms with Gasteiger partial charge in [-0.2, -0.15) is 0 Å². The molecule has 0 unspecified atom stereocenters. The number of hydrogen-bond acceptors (Lipinski definition) is 2. The summed E-state index contributed by atoms with van der Waals surface area (Å²) in [7, 11) is -0.925. The van der Waals surface area contributed by atoms with E-state index >= 15 is 0 Å². The Labute approximate surface area is 41.1 Å². The highest BCUT2D eigenvalue weighted by Gasteiger charge is 2.13. The molecule has 0 amide bonds. The molecule has 1 heterocycles. The van der Waals surface area contributed by atoms with E-state index in [0.29, 0.717) is 0 Å². The second-order valence-corrected chi connectivity index (χ2v) is 6.00. The molecular weight excluding hydrogens is 108 g/mol. The summed E-state index contributed by atoms with van der Waals surface area (Å²) in [5.41, 5.74) is 2.65. The van der Waals surface area contributed by atoms with Crippen LogP contribution in [0.2, 0.25) is 0 Å². The predicted octanol–water partition coefficient (Wildman–Crippen LogP) is -2.43. The summed E-state index contributed by atoms with van der Waals surface area (Å²) in [6.45, 7) is 0. The number of rotatable bonds is 0. The van der Waals surface area contributed by atoms with Gasteiger partial charge in [0.05, 0.1) is 0 Å². The Hall–Kier alpha value is -0.0862. The molecule has 0 aromatic rings. The zero-order chi connectivity index (χ0) is 4.41. The van der Waals surface area contributed by atoms with Crippen LogP contribution in [0.25, 0.3) is 0 Å². The van der Waals surface area contributed by atoms with Gasteiger partial charge in [-0.05, 0) is 0 Å². The maximum Gasteiger partial charge on any atom is 0.255 e. The van der Waals surface area contributed by atoms with Crippen LogP contribution < -0.4 is 9.30 Å². The molecule has 0 spiro atoms. The number of hydrogen-bond donors (Lipinski definition) is 2. The van der Waals surface area contributed by atoms with Gasteiger partial charge in [0.25, 0.3) is 9.12 Å². The molecule has 6 heavy (non-hydrogen) atoms. The third kappa shape index (κ3) is 0.531. The first-order valence-corrected chi connectivity index (χ1v) is 5.01. The molecule has 4 heteroatoms. The van der Waals surface area contributed by atoms with Gasteiger partial charge in [0.15, 0.2) is 9.84 Å². The second kappa shape index (κ2) is 1.57. The van der Waals surface area contributed by atoms with E-state index in [1.807, 2.05) is 0 Å². The molecule has 2 N–H and O–H groups in total. The van der Waals surface area contributed by atoms with E-state index < -0.39 is 9.12 Å². The van der Waals surface area contributed by atoms with Crippen molar-refractivity contribution in [3.8, 4) is 12.0 Å². The van der Waals surface area contributed by atoms with Crippen LogP contribution in [0.15, 0.2) is 0 Å². The average molecular weight is 114 g/mol. The van der Waals surface area contributed by atoms with E-state index in [-0.39, 0.29) is 9.84 Å². The van der Waals surface area contributed by atoms with Crippen molar-refractivity contribution < 1.29 is 0 Å². The number of terminal acetylenes is 1. The molecule has 1 aliphatic rings. The van der Waals surface area contributed by atoms with Gasteiger partial charge in [0, 0.05) is 0 Å². The monoisotopic (exact) mass is 114 g/mol. The van der Waals surface area contributed by atoms with Crippen molar-refractivity contribution in [1.82, 2.24) is 9.30 Å². The Kier molecular flexibility index (Phi) is 1.07. The van der Waals surface area contributed by atoms with Gasteiger partial charge in [-0.1, -0.05) is 0 Å². The minimum Gasteiger partial charge on any atom is -0.334 e. The molecular formula is C2H6N2Si2. The van der Waals surface area contributed by atoms with Crippen LogP contribution in [0.3, 0.4) is 0 Å². The second-order valence-electron chi connectivity index (χ2n) is 1.18. The van der Waals surface area contributed by atoms with E-state index in [1.54, 1.807) is 0 Å². The van der Waals surface area contributed by atoms with Crippen LogP contribution in [0, 0.1) is 12.0 Å². The van der Waals surface area contributed by atoms with Gasteiger partial charge in [0.1, 0.15) is 0 Å². The molecule has 2 nitrogen and oxygen atoms in total. The Morgan fingerprint density at radius 3 is 2.33 bits per heavy atom. The van der Waals surface area contributed by atoms with Gasteiger partial charge in [-0.3, -0.25) is 0 Å². The summed E-state index contributed by atoms with van der Waals surface area (Å²) in [4.78, 5) is 0. The molecule has 1 rings (SSSR count). The van der Waals surface area contributed by atoms with E-state index in [4.69, 9.17) is 6.42 Å². The molecule has 0 aromatic heterocycles. The van der Waals surface area contributed by atoms with Gasteiger partial charge in [0.2, 0.25) is 0 Å². The molecule has 32 valence electrons. The molecule has 1 saturated heterocycles. The third-order valence-electron chi connectivity index (χ3n) is 0.779. The zero-order valence-electron chi connectivity index (χ0n) is 3.36. The Morgan fingerprint density at radius 1 is 1.67 bits per heavy atom. The summed E-state index contributed by atoms with van der Waals surface area (Å²) >= 11 is 0. The maximum absolute atomic E-state index is 5.04. The molecule has 0 saturated carbocycles. The minimum atomic E-state index is -0.890. The Bertz CT molecular complexity index is 82.0. The molecule has 0 bridgehead atoms.